The van der Waals surface area contributed by atoms with Gasteiger partial charge in [0.05, 0.1) is 30.4 Å². The molecular formula is C29H31N3O3. The fourth-order valence-electron chi connectivity index (χ4n) is 6.38. The number of benzene rings is 2. The minimum Gasteiger partial charge on any atom is -0.381 e. The molecule has 0 spiro atoms. The van der Waals surface area contributed by atoms with Crippen molar-refractivity contribution in [1.82, 2.24) is 4.57 Å². The van der Waals surface area contributed by atoms with Gasteiger partial charge in [-0.05, 0) is 68.5 Å². The average molecular weight is 470 g/mol. The summed E-state index contributed by atoms with van der Waals surface area (Å²) in [5.41, 5.74) is 2.73. The smallest absolute Gasteiger partial charge is 0.274 e. The number of rotatable bonds is 4. The Morgan fingerprint density at radius 1 is 1.11 bits per heavy atom. The molecule has 3 aromatic rings. The summed E-state index contributed by atoms with van der Waals surface area (Å²) in [4.78, 5) is 15.5. The van der Waals surface area contributed by atoms with E-state index in [4.69, 9.17) is 9.47 Å². The van der Waals surface area contributed by atoms with Crippen LogP contribution in [0.3, 0.4) is 0 Å². The topological polar surface area (TPSA) is 67.5 Å². The molecule has 2 unspecified atom stereocenters. The SMILES string of the molecule is CN(C(=O)c1cc2cc([C@H]3CCOC(C)(C)C3)ccc2n1C1(C#N)C2COCC21)c1ccccc1. The molecule has 6 heteroatoms. The van der Waals surface area contributed by atoms with Crippen molar-refractivity contribution in [3.63, 3.8) is 0 Å². The van der Waals surface area contributed by atoms with Gasteiger partial charge in [-0.2, -0.15) is 5.26 Å². The van der Waals surface area contributed by atoms with E-state index in [1.807, 2.05) is 41.0 Å². The Morgan fingerprint density at radius 3 is 2.54 bits per heavy atom. The van der Waals surface area contributed by atoms with E-state index < -0.39 is 5.54 Å². The Labute approximate surface area is 206 Å². The van der Waals surface area contributed by atoms with Crippen LogP contribution in [-0.2, 0) is 15.0 Å². The third kappa shape index (κ3) is 3.41. The van der Waals surface area contributed by atoms with E-state index in [1.54, 1.807) is 11.9 Å². The van der Waals surface area contributed by atoms with Crippen LogP contribution in [0.4, 0.5) is 5.69 Å². The number of amides is 1. The lowest BCUT2D eigenvalue weighted by atomic mass is 9.83. The third-order valence-electron chi connectivity index (χ3n) is 8.31. The van der Waals surface area contributed by atoms with Crippen molar-refractivity contribution in [2.24, 2.45) is 11.8 Å². The third-order valence-corrected chi connectivity index (χ3v) is 8.31. The number of fused-ring (bicyclic) bond motifs is 2. The zero-order valence-corrected chi connectivity index (χ0v) is 20.5. The maximum absolute atomic E-state index is 13.9. The molecule has 180 valence electrons. The van der Waals surface area contributed by atoms with E-state index in [1.165, 1.54) is 5.56 Å². The summed E-state index contributed by atoms with van der Waals surface area (Å²) in [6.07, 6.45) is 1.95. The molecule has 3 fully saturated rings. The Kier molecular flexibility index (Phi) is 5.07. The number of ether oxygens (including phenoxy) is 2. The predicted octanol–water partition coefficient (Wildman–Crippen LogP) is 5.09. The number of nitrogens with zero attached hydrogens (tertiary/aromatic N) is 3. The average Bonchev–Trinajstić information content (AvgIpc) is 3.20. The van der Waals surface area contributed by atoms with Gasteiger partial charge in [-0.1, -0.05) is 24.3 Å². The van der Waals surface area contributed by atoms with Gasteiger partial charge >= 0.3 is 0 Å². The largest absolute Gasteiger partial charge is 0.381 e. The first-order valence-corrected chi connectivity index (χ1v) is 12.5. The molecule has 3 heterocycles. The summed E-state index contributed by atoms with van der Waals surface area (Å²) in [6, 6.07) is 20.7. The van der Waals surface area contributed by atoms with E-state index >= 15 is 0 Å². The Morgan fingerprint density at radius 2 is 1.86 bits per heavy atom. The molecule has 35 heavy (non-hydrogen) atoms. The maximum atomic E-state index is 13.9. The molecule has 0 bridgehead atoms. The zero-order valence-electron chi connectivity index (χ0n) is 20.5. The monoisotopic (exact) mass is 469 g/mol. The molecule has 0 radical (unpaired) electrons. The van der Waals surface area contributed by atoms with Crippen molar-refractivity contribution < 1.29 is 14.3 Å². The molecule has 3 aliphatic rings. The fraction of sp³-hybridized carbons (Fsp3) is 0.448. The van der Waals surface area contributed by atoms with E-state index in [0.717, 1.165) is 36.0 Å². The van der Waals surface area contributed by atoms with E-state index in [0.29, 0.717) is 24.8 Å². The van der Waals surface area contributed by atoms with Gasteiger partial charge in [0.25, 0.3) is 5.91 Å². The summed E-state index contributed by atoms with van der Waals surface area (Å²) >= 11 is 0. The van der Waals surface area contributed by atoms with E-state index in [9.17, 15) is 10.1 Å². The number of hydrogen-bond donors (Lipinski definition) is 0. The lowest BCUT2D eigenvalue weighted by molar-refractivity contribution is -0.0592. The van der Waals surface area contributed by atoms with Crippen molar-refractivity contribution in [3.8, 4) is 6.07 Å². The Bertz CT molecular complexity index is 1330. The van der Waals surface area contributed by atoms with Crippen LogP contribution in [0, 0.1) is 23.2 Å². The summed E-state index contributed by atoms with van der Waals surface area (Å²) in [7, 11) is 1.80. The van der Waals surface area contributed by atoms with Gasteiger partial charge in [0.2, 0.25) is 0 Å². The van der Waals surface area contributed by atoms with Crippen LogP contribution >= 0.6 is 0 Å². The first-order chi connectivity index (χ1) is 16.9. The summed E-state index contributed by atoms with van der Waals surface area (Å²) in [5, 5.41) is 11.4. The van der Waals surface area contributed by atoms with Crippen molar-refractivity contribution in [3.05, 3.63) is 65.9 Å². The van der Waals surface area contributed by atoms with Crippen LogP contribution in [0.1, 0.15) is 48.7 Å². The minimum atomic E-state index is -0.731. The number of carbonyl (C=O) groups is 1. The van der Waals surface area contributed by atoms with E-state index in [-0.39, 0.29) is 23.3 Å². The van der Waals surface area contributed by atoms with Gasteiger partial charge in [-0.15, -0.1) is 0 Å². The molecule has 2 aromatic carbocycles. The number of anilines is 1. The van der Waals surface area contributed by atoms with Crippen molar-refractivity contribution >= 4 is 22.5 Å². The second-order valence-corrected chi connectivity index (χ2v) is 10.9. The van der Waals surface area contributed by atoms with Crippen LogP contribution < -0.4 is 4.90 Å². The molecule has 6 rings (SSSR count). The first kappa shape index (κ1) is 22.3. The maximum Gasteiger partial charge on any atom is 0.274 e. The lowest BCUT2D eigenvalue weighted by Gasteiger charge is -2.35. The van der Waals surface area contributed by atoms with Gasteiger partial charge in [-0.25, -0.2) is 0 Å². The van der Waals surface area contributed by atoms with Gasteiger partial charge in [-0.3, -0.25) is 4.79 Å². The van der Waals surface area contributed by atoms with Gasteiger partial charge < -0.3 is 18.9 Å². The number of para-hydroxylation sites is 1. The highest BCUT2D eigenvalue weighted by molar-refractivity contribution is 6.08. The Balaban J connectivity index is 1.47. The molecule has 2 aliphatic heterocycles. The molecular weight excluding hydrogens is 438 g/mol. The highest BCUT2D eigenvalue weighted by atomic mass is 16.5. The Hall–Kier alpha value is -3.14. The molecule has 0 N–H and O–H groups in total. The van der Waals surface area contributed by atoms with Gasteiger partial charge in [0.15, 0.2) is 0 Å². The van der Waals surface area contributed by atoms with Crippen LogP contribution in [-0.4, -0.2) is 42.9 Å². The van der Waals surface area contributed by atoms with Crippen molar-refractivity contribution in [2.45, 2.75) is 43.7 Å². The molecule has 2 saturated heterocycles. The van der Waals surface area contributed by atoms with Crippen LogP contribution in [0.15, 0.2) is 54.6 Å². The first-order valence-electron chi connectivity index (χ1n) is 12.5. The van der Waals surface area contributed by atoms with Crippen molar-refractivity contribution in [2.75, 3.05) is 31.8 Å². The highest BCUT2D eigenvalue weighted by Crippen LogP contribution is 2.61. The predicted molar refractivity (Wildman–Crippen MR) is 135 cm³/mol. The normalized spacial score (nSPS) is 28.9. The van der Waals surface area contributed by atoms with Crippen LogP contribution in [0.25, 0.3) is 10.9 Å². The quantitative estimate of drug-likeness (QED) is 0.534. The number of carbonyl (C=O) groups excluding carboxylic acids is 1. The number of hydrogen-bond acceptors (Lipinski definition) is 4. The fourth-order valence-corrected chi connectivity index (χ4v) is 6.38. The summed E-state index contributed by atoms with van der Waals surface area (Å²) in [5.74, 6) is 0.540. The van der Waals surface area contributed by atoms with Crippen LogP contribution in [0.2, 0.25) is 0 Å². The number of nitriles is 1. The zero-order chi connectivity index (χ0) is 24.4. The number of aromatic nitrogens is 1. The molecule has 1 saturated carbocycles. The summed E-state index contributed by atoms with van der Waals surface area (Å²) < 4.78 is 13.6. The van der Waals surface area contributed by atoms with Gasteiger partial charge in [0.1, 0.15) is 11.2 Å². The standard InChI is InChI=1S/C29H31N3O3/c1-28(2)15-20(11-12-35-28)19-9-10-25-21(13-19)14-26(27(33)31(3)22-7-5-4-6-8-22)32(25)29(18-30)23-16-34-17-24(23)29/h4-10,13-14,20,23-24H,11-12,15-17H2,1-3H3/t20-,23?,24?,29?/m0/s1. The van der Waals surface area contributed by atoms with Gasteiger partial charge in [0, 0.05) is 36.6 Å². The molecule has 1 aromatic heterocycles. The minimum absolute atomic E-state index is 0.110. The van der Waals surface area contributed by atoms with E-state index in [2.05, 4.69) is 38.1 Å². The highest BCUT2D eigenvalue weighted by Gasteiger charge is 2.70. The second kappa shape index (κ2) is 7.94. The molecule has 3 atom stereocenters. The molecule has 6 nitrogen and oxygen atoms in total. The van der Waals surface area contributed by atoms with Crippen molar-refractivity contribution in [1.29, 1.82) is 5.26 Å². The molecule has 1 aliphatic carbocycles. The molecule has 1 amide bonds. The lowest BCUT2D eigenvalue weighted by Crippen LogP contribution is -2.33. The summed E-state index contributed by atoms with van der Waals surface area (Å²) in [6.45, 7) is 6.18. The van der Waals surface area contributed by atoms with Crippen LogP contribution in [0.5, 0.6) is 0 Å². The second-order valence-electron chi connectivity index (χ2n) is 10.9.